The molecule has 0 saturated carbocycles. The number of rotatable bonds is 2. The van der Waals surface area contributed by atoms with E-state index in [9.17, 15) is 0 Å². The first-order valence-corrected chi connectivity index (χ1v) is 6.26. The molecule has 0 bridgehead atoms. The van der Waals surface area contributed by atoms with Crippen LogP contribution in [0.25, 0.3) is 11.1 Å². The van der Waals surface area contributed by atoms with Gasteiger partial charge in [0, 0.05) is 31.4 Å². The first-order chi connectivity index (χ1) is 9.36. The fourth-order valence-electron chi connectivity index (χ4n) is 1.95. The van der Waals surface area contributed by atoms with Gasteiger partial charge in [-0.05, 0) is 17.7 Å². The van der Waals surface area contributed by atoms with Crippen molar-refractivity contribution in [1.29, 1.82) is 0 Å². The van der Waals surface area contributed by atoms with Crippen LogP contribution in [0.3, 0.4) is 0 Å². The van der Waals surface area contributed by atoms with Crippen LogP contribution >= 0.6 is 0 Å². The van der Waals surface area contributed by atoms with Crippen LogP contribution in [0.5, 0.6) is 11.5 Å². The molecule has 1 aromatic carbocycles. The second-order valence-electron chi connectivity index (χ2n) is 4.26. The lowest BCUT2D eigenvalue weighted by molar-refractivity contribution is 0.297. The van der Waals surface area contributed by atoms with Gasteiger partial charge in [-0.15, -0.1) is 0 Å². The van der Waals surface area contributed by atoms with Crippen LogP contribution in [-0.4, -0.2) is 30.2 Å². The standard InChI is InChI=1S/C14H15N3O2/c1-15-14-16-8-11(9-17-14)10-3-4-12-13(7-10)19-6-2-5-18-12/h3-4,7-9H,2,5-6H2,1H3,(H,15,16,17). The summed E-state index contributed by atoms with van der Waals surface area (Å²) in [5.74, 6) is 2.19. The molecule has 2 heterocycles. The average molecular weight is 257 g/mol. The summed E-state index contributed by atoms with van der Waals surface area (Å²) in [6, 6.07) is 5.89. The molecule has 0 radical (unpaired) electrons. The molecule has 0 amide bonds. The highest BCUT2D eigenvalue weighted by Gasteiger charge is 2.11. The Kier molecular flexibility index (Phi) is 3.18. The minimum absolute atomic E-state index is 0.609. The molecule has 0 atom stereocenters. The summed E-state index contributed by atoms with van der Waals surface area (Å²) in [5, 5.41) is 2.90. The molecule has 0 spiro atoms. The smallest absolute Gasteiger partial charge is 0.222 e. The zero-order valence-corrected chi connectivity index (χ0v) is 10.7. The van der Waals surface area contributed by atoms with Crippen molar-refractivity contribution in [3.05, 3.63) is 30.6 Å². The van der Waals surface area contributed by atoms with E-state index in [1.807, 2.05) is 18.2 Å². The van der Waals surface area contributed by atoms with Crippen LogP contribution in [0.15, 0.2) is 30.6 Å². The topological polar surface area (TPSA) is 56.3 Å². The first-order valence-electron chi connectivity index (χ1n) is 6.26. The number of nitrogens with zero attached hydrogens (tertiary/aromatic N) is 2. The molecule has 2 aromatic rings. The zero-order chi connectivity index (χ0) is 13.1. The summed E-state index contributed by atoms with van der Waals surface area (Å²) in [7, 11) is 1.79. The van der Waals surface area contributed by atoms with Crippen molar-refractivity contribution in [3.8, 4) is 22.6 Å². The maximum Gasteiger partial charge on any atom is 0.222 e. The Labute approximate surface area is 111 Å². The summed E-state index contributed by atoms with van der Waals surface area (Å²) in [6.45, 7) is 1.39. The van der Waals surface area contributed by atoms with Gasteiger partial charge in [0.05, 0.1) is 13.2 Å². The van der Waals surface area contributed by atoms with E-state index in [4.69, 9.17) is 9.47 Å². The van der Waals surface area contributed by atoms with Gasteiger partial charge < -0.3 is 14.8 Å². The molecular weight excluding hydrogens is 242 g/mol. The van der Waals surface area contributed by atoms with Crippen molar-refractivity contribution in [1.82, 2.24) is 9.97 Å². The summed E-state index contributed by atoms with van der Waals surface area (Å²) in [5.41, 5.74) is 1.97. The van der Waals surface area contributed by atoms with E-state index in [1.54, 1.807) is 19.4 Å². The maximum atomic E-state index is 5.68. The van der Waals surface area contributed by atoms with E-state index in [0.29, 0.717) is 19.2 Å². The first kappa shape index (κ1) is 11.8. The van der Waals surface area contributed by atoms with Crippen molar-refractivity contribution in [3.63, 3.8) is 0 Å². The third kappa shape index (κ3) is 2.45. The number of hydrogen-bond donors (Lipinski definition) is 1. The Morgan fingerprint density at radius 2 is 1.74 bits per heavy atom. The lowest BCUT2D eigenvalue weighted by Crippen LogP contribution is -1.97. The minimum Gasteiger partial charge on any atom is -0.490 e. The van der Waals surface area contributed by atoms with Gasteiger partial charge in [-0.3, -0.25) is 0 Å². The van der Waals surface area contributed by atoms with Gasteiger partial charge in [-0.1, -0.05) is 6.07 Å². The molecule has 5 nitrogen and oxygen atoms in total. The van der Waals surface area contributed by atoms with Gasteiger partial charge in [0.25, 0.3) is 0 Å². The van der Waals surface area contributed by atoms with E-state index < -0.39 is 0 Å². The molecule has 3 rings (SSSR count). The SMILES string of the molecule is CNc1ncc(-c2ccc3c(c2)OCCCO3)cn1. The maximum absolute atomic E-state index is 5.68. The summed E-state index contributed by atoms with van der Waals surface area (Å²) in [6.07, 6.45) is 4.49. The molecule has 0 saturated heterocycles. The van der Waals surface area contributed by atoms with Gasteiger partial charge in [0.15, 0.2) is 11.5 Å². The predicted octanol–water partition coefficient (Wildman–Crippen LogP) is 2.35. The molecule has 0 unspecified atom stereocenters. The van der Waals surface area contributed by atoms with Gasteiger partial charge in [-0.2, -0.15) is 0 Å². The monoisotopic (exact) mass is 257 g/mol. The third-order valence-electron chi connectivity index (χ3n) is 2.96. The van der Waals surface area contributed by atoms with Crippen LogP contribution in [0, 0.1) is 0 Å². The fraction of sp³-hybridized carbons (Fsp3) is 0.286. The minimum atomic E-state index is 0.609. The Bertz CT molecular complexity index is 569. The van der Waals surface area contributed by atoms with Gasteiger partial charge in [0.2, 0.25) is 5.95 Å². The lowest BCUT2D eigenvalue weighted by atomic mass is 10.1. The van der Waals surface area contributed by atoms with Crippen LogP contribution < -0.4 is 14.8 Å². The number of nitrogens with one attached hydrogen (secondary N) is 1. The molecule has 1 aliphatic heterocycles. The number of aromatic nitrogens is 2. The van der Waals surface area contributed by atoms with Gasteiger partial charge in [0.1, 0.15) is 0 Å². The van der Waals surface area contributed by atoms with Crippen LogP contribution in [-0.2, 0) is 0 Å². The third-order valence-corrected chi connectivity index (χ3v) is 2.96. The largest absolute Gasteiger partial charge is 0.490 e. The molecule has 5 heteroatoms. The molecule has 0 aliphatic carbocycles. The Balaban J connectivity index is 1.94. The molecule has 1 N–H and O–H groups in total. The summed E-state index contributed by atoms with van der Waals surface area (Å²) < 4.78 is 11.3. The normalized spacial score (nSPS) is 13.7. The zero-order valence-electron chi connectivity index (χ0n) is 10.7. The van der Waals surface area contributed by atoms with E-state index in [-0.39, 0.29) is 0 Å². The second kappa shape index (κ2) is 5.14. The number of anilines is 1. The Morgan fingerprint density at radius 1 is 1.00 bits per heavy atom. The van der Waals surface area contributed by atoms with Crippen molar-refractivity contribution < 1.29 is 9.47 Å². The number of ether oxygens (including phenoxy) is 2. The van der Waals surface area contributed by atoms with E-state index >= 15 is 0 Å². The van der Waals surface area contributed by atoms with Crippen LogP contribution in [0.4, 0.5) is 5.95 Å². The quantitative estimate of drug-likeness (QED) is 0.895. The van der Waals surface area contributed by atoms with Crippen LogP contribution in [0.1, 0.15) is 6.42 Å². The van der Waals surface area contributed by atoms with Gasteiger partial charge in [-0.25, -0.2) is 9.97 Å². The molecule has 98 valence electrons. The molecule has 0 fully saturated rings. The molecule has 1 aromatic heterocycles. The highest BCUT2D eigenvalue weighted by Crippen LogP contribution is 2.33. The van der Waals surface area contributed by atoms with Crippen molar-refractivity contribution in [2.24, 2.45) is 0 Å². The van der Waals surface area contributed by atoms with E-state index in [1.165, 1.54) is 0 Å². The summed E-state index contributed by atoms with van der Waals surface area (Å²) in [4.78, 5) is 8.42. The summed E-state index contributed by atoms with van der Waals surface area (Å²) >= 11 is 0. The van der Waals surface area contributed by atoms with Crippen LogP contribution in [0.2, 0.25) is 0 Å². The average Bonchev–Trinajstić information content (AvgIpc) is 2.72. The Hall–Kier alpha value is -2.30. The molecule has 1 aliphatic rings. The lowest BCUT2D eigenvalue weighted by Gasteiger charge is -2.09. The number of hydrogen-bond acceptors (Lipinski definition) is 5. The van der Waals surface area contributed by atoms with Crippen molar-refractivity contribution in [2.45, 2.75) is 6.42 Å². The molecule has 19 heavy (non-hydrogen) atoms. The molecular formula is C14H15N3O2. The van der Waals surface area contributed by atoms with E-state index in [0.717, 1.165) is 29.0 Å². The Morgan fingerprint density at radius 3 is 2.47 bits per heavy atom. The number of benzene rings is 1. The van der Waals surface area contributed by atoms with E-state index in [2.05, 4.69) is 15.3 Å². The predicted molar refractivity (Wildman–Crippen MR) is 72.6 cm³/mol. The van der Waals surface area contributed by atoms with Crippen molar-refractivity contribution >= 4 is 5.95 Å². The number of fused-ring (bicyclic) bond motifs is 1. The highest BCUT2D eigenvalue weighted by molar-refractivity contribution is 5.66. The fourth-order valence-corrected chi connectivity index (χ4v) is 1.95. The van der Waals surface area contributed by atoms with Crippen molar-refractivity contribution in [2.75, 3.05) is 25.6 Å². The van der Waals surface area contributed by atoms with Gasteiger partial charge >= 0.3 is 0 Å². The second-order valence-corrected chi connectivity index (χ2v) is 4.26. The highest BCUT2D eigenvalue weighted by atomic mass is 16.5.